The Morgan fingerprint density at radius 3 is 2.07 bits per heavy atom. The largest absolute Gasteiger partial charge is 0.470 e. The van der Waals surface area contributed by atoms with Gasteiger partial charge in [0, 0.05) is 24.5 Å². The van der Waals surface area contributed by atoms with Gasteiger partial charge < -0.3 is 26.0 Å². The Morgan fingerprint density at radius 1 is 1.20 bits per heavy atom. The first kappa shape index (κ1) is 35.9. The highest BCUT2D eigenvalue weighted by Gasteiger charge is 2.62. The van der Waals surface area contributed by atoms with Crippen molar-refractivity contribution in [3.63, 3.8) is 0 Å². The molecule has 1 aliphatic carbocycles. The first-order valence-electron chi connectivity index (χ1n) is 12.8. The number of hydrogen-bond acceptors (Lipinski definition) is 6. The number of nitrogens with two attached hydrogens (primary N) is 1. The number of nitriles is 1. The van der Waals surface area contributed by atoms with Crippen LogP contribution >= 0.6 is 0 Å². The van der Waals surface area contributed by atoms with Crippen LogP contribution in [0.3, 0.4) is 0 Å². The van der Waals surface area contributed by atoms with E-state index in [4.69, 9.17) is 10.1 Å². The van der Waals surface area contributed by atoms with Crippen LogP contribution in [-0.4, -0.2) is 78.8 Å². The molecule has 2 heterocycles. The Morgan fingerprint density at radius 2 is 1.71 bits per heavy atom. The number of carbonyl (C=O) groups is 4. The molecule has 0 bridgehead atoms. The van der Waals surface area contributed by atoms with Crippen molar-refractivity contribution in [3.8, 4) is 6.07 Å². The Hall–Kier alpha value is -3.09. The van der Waals surface area contributed by atoms with Crippen LogP contribution < -0.4 is 16.4 Å². The molecule has 0 spiro atoms. The van der Waals surface area contributed by atoms with Crippen LogP contribution in [0.5, 0.6) is 0 Å². The highest BCUT2D eigenvalue weighted by Crippen LogP contribution is 2.62. The molecule has 3 rings (SSSR count). The van der Waals surface area contributed by atoms with Gasteiger partial charge in [0.05, 0.1) is 18.6 Å². The van der Waals surface area contributed by atoms with Crippen molar-refractivity contribution in [2.24, 2.45) is 28.9 Å². The predicted octanol–water partition coefficient (Wildman–Crippen LogP) is 2.42. The van der Waals surface area contributed by atoms with Crippen molar-refractivity contribution >= 4 is 24.1 Å². The fourth-order valence-electron chi connectivity index (χ4n) is 4.92. The molecule has 10 nitrogen and oxygen atoms in total. The molecule has 3 unspecified atom stereocenters. The molecule has 4 N–H and O–H groups in total. The first-order chi connectivity index (χ1) is 18.5. The molecule has 0 radical (unpaired) electrons. The third kappa shape index (κ3) is 11.7. The van der Waals surface area contributed by atoms with Crippen LogP contribution in [-0.2, 0) is 23.9 Å². The fourth-order valence-corrected chi connectivity index (χ4v) is 4.92. The molecule has 16 heteroatoms. The molecule has 5 atom stereocenters. The zero-order valence-electron chi connectivity index (χ0n) is 23.5. The van der Waals surface area contributed by atoms with Gasteiger partial charge in [-0.1, -0.05) is 13.8 Å². The number of piperidine rings is 1. The van der Waals surface area contributed by atoms with E-state index in [1.807, 2.05) is 19.9 Å². The van der Waals surface area contributed by atoms with E-state index in [0.717, 1.165) is 13.1 Å². The lowest BCUT2D eigenvalue weighted by Crippen LogP contribution is -2.35. The van der Waals surface area contributed by atoms with Gasteiger partial charge in [-0.2, -0.15) is 31.6 Å². The summed E-state index contributed by atoms with van der Waals surface area (Å²) in [5.74, 6) is -1.46. The van der Waals surface area contributed by atoms with E-state index in [-0.39, 0.29) is 29.7 Å². The summed E-state index contributed by atoms with van der Waals surface area (Å²) in [6.07, 6.45) is -8.30. The molecule has 0 aromatic carbocycles. The van der Waals surface area contributed by atoms with Crippen molar-refractivity contribution in [2.75, 3.05) is 19.7 Å². The predicted molar refractivity (Wildman–Crippen MR) is 132 cm³/mol. The molecular weight excluding hydrogens is 564 g/mol. The Balaban J connectivity index is 0.000000341. The molecule has 4 amide bonds. The second-order valence-corrected chi connectivity index (χ2v) is 11.6. The van der Waals surface area contributed by atoms with E-state index in [1.54, 1.807) is 4.90 Å². The molecule has 41 heavy (non-hydrogen) atoms. The number of carbonyl (C=O) groups excluding carboxylic acids is 4. The van der Waals surface area contributed by atoms with Gasteiger partial charge in [-0.25, -0.2) is 0 Å². The molecule has 1 saturated carbocycles. The number of amides is 4. The van der Waals surface area contributed by atoms with E-state index < -0.39 is 37.0 Å². The highest BCUT2D eigenvalue weighted by molar-refractivity contribution is 5.82. The summed E-state index contributed by atoms with van der Waals surface area (Å²) >= 11 is 0. The van der Waals surface area contributed by atoms with E-state index in [0.29, 0.717) is 36.5 Å². The minimum absolute atomic E-state index is 0.0238. The van der Waals surface area contributed by atoms with Gasteiger partial charge >= 0.3 is 18.3 Å². The van der Waals surface area contributed by atoms with Crippen LogP contribution in [0.25, 0.3) is 0 Å². The second-order valence-electron chi connectivity index (χ2n) is 11.6. The summed E-state index contributed by atoms with van der Waals surface area (Å²) in [5, 5.41) is 14.0. The van der Waals surface area contributed by atoms with Crippen molar-refractivity contribution in [1.29, 1.82) is 5.26 Å². The maximum absolute atomic E-state index is 12.0. The number of fused-ring (bicyclic) bond motifs is 1. The standard InChI is InChI=1S/C13H20F3NO2.C10H15N3O2.C2H2F3NO/c1-8(19-7-13(14,15)16)4-11(18)17-5-9-10(6-17)12(9,2)3;1-10(2)4-7(9(15)13-10)3-8(5-11)12-6-14;3-2(4,5)1(6)7/h8-10H,4-7H2,1-3H3;6-8H,3-4H2,1-2H3,(H,12,14)(H,13,15);(H2,6,7)/t8-,9?,10?;7?,8-;/m10./s1. The smallest absolute Gasteiger partial charge is 0.369 e. The van der Waals surface area contributed by atoms with Gasteiger partial charge in [0.15, 0.2) is 0 Å². The van der Waals surface area contributed by atoms with Crippen molar-refractivity contribution in [3.05, 3.63) is 0 Å². The van der Waals surface area contributed by atoms with Gasteiger partial charge in [0.25, 0.3) is 0 Å². The summed E-state index contributed by atoms with van der Waals surface area (Å²) in [6, 6.07) is 1.38. The normalized spacial score (nSPS) is 25.1. The van der Waals surface area contributed by atoms with Crippen molar-refractivity contribution in [1.82, 2.24) is 15.5 Å². The van der Waals surface area contributed by atoms with Crippen molar-refractivity contribution < 1.29 is 50.3 Å². The maximum Gasteiger partial charge on any atom is 0.470 e. The summed E-state index contributed by atoms with van der Waals surface area (Å²) in [4.78, 5) is 44.5. The Bertz CT molecular complexity index is 981. The van der Waals surface area contributed by atoms with E-state index in [1.165, 1.54) is 6.92 Å². The molecule has 2 saturated heterocycles. The topological polar surface area (TPSA) is 155 Å². The number of halogens is 6. The SMILES string of the molecule is CC1(C)CC(C[C@@H](C#N)NC=O)C(=O)N1.C[C@H](CC(=O)N1CC2C(C1)C2(C)C)OCC(F)(F)F.NC(=O)C(F)(F)F. The van der Waals surface area contributed by atoms with E-state index in [9.17, 15) is 40.7 Å². The average molecular weight is 602 g/mol. The Kier molecular flexibility index (Phi) is 12.0. The number of hydrogen-bond donors (Lipinski definition) is 3. The zero-order chi connectivity index (χ0) is 32.0. The third-order valence-corrected chi connectivity index (χ3v) is 7.28. The molecule has 234 valence electrons. The number of likely N-dealkylation sites (tertiary alicyclic amines) is 1. The zero-order valence-corrected chi connectivity index (χ0v) is 23.5. The molecule has 3 fully saturated rings. The Labute approximate surface area is 234 Å². The number of rotatable bonds is 8. The lowest BCUT2D eigenvalue weighted by molar-refractivity contribution is -0.185. The minimum Gasteiger partial charge on any atom is -0.369 e. The van der Waals surface area contributed by atoms with Crippen LogP contribution in [0.1, 0.15) is 53.9 Å². The lowest BCUT2D eigenvalue weighted by atomic mass is 9.92. The van der Waals surface area contributed by atoms with E-state index in [2.05, 4.69) is 35.0 Å². The molecule has 0 aromatic rings. The summed E-state index contributed by atoms with van der Waals surface area (Å²) < 4.78 is 72.7. The maximum atomic E-state index is 12.0. The van der Waals surface area contributed by atoms with Gasteiger partial charge in [-0.3, -0.25) is 19.2 Å². The van der Waals surface area contributed by atoms with Gasteiger partial charge in [-0.15, -0.1) is 0 Å². The van der Waals surface area contributed by atoms with Gasteiger partial charge in [-0.05, 0) is 50.9 Å². The van der Waals surface area contributed by atoms with Gasteiger partial charge in [0.2, 0.25) is 18.2 Å². The number of nitrogens with one attached hydrogen (secondary N) is 2. The molecule has 3 aliphatic rings. The summed E-state index contributed by atoms with van der Waals surface area (Å²) in [5.41, 5.74) is 3.93. The number of nitrogens with zero attached hydrogens (tertiary/aromatic N) is 2. The van der Waals surface area contributed by atoms with Crippen LogP contribution in [0.2, 0.25) is 0 Å². The summed E-state index contributed by atoms with van der Waals surface area (Å²) in [7, 11) is 0. The average Bonchev–Trinajstić information content (AvgIpc) is 3.13. The number of alkyl halides is 6. The quantitative estimate of drug-likeness (QED) is 0.287. The highest BCUT2D eigenvalue weighted by atomic mass is 19.4. The summed E-state index contributed by atoms with van der Waals surface area (Å²) in [6.45, 7) is 9.96. The van der Waals surface area contributed by atoms with Crippen molar-refractivity contribution in [2.45, 2.75) is 83.9 Å². The number of primary amides is 1. The van der Waals surface area contributed by atoms with Gasteiger partial charge in [0.1, 0.15) is 12.6 Å². The first-order valence-corrected chi connectivity index (χ1v) is 12.8. The molecular formula is C25H37F6N5O5. The molecule has 0 aromatic heterocycles. The monoisotopic (exact) mass is 601 g/mol. The second kappa shape index (κ2) is 13.7. The molecule has 2 aliphatic heterocycles. The van der Waals surface area contributed by atoms with E-state index >= 15 is 0 Å². The minimum atomic E-state index is -4.86. The lowest BCUT2D eigenvalue weighted by Gasteiger charge is -2.24. The van der Waals surface area contributed by atoms with Crippen LogP contribution in [0.15, 0.2) is 0 Å². The third-order valence-electron chi connectivity index (χ3n) is 7.28. The van der Waals surface area contributed by atoms with Crippen LogP contribution in [0.4, 0.5) is 26.3 Å². The number of ether oxygens (including phenoxy) is 1. The van der Waals surface area contributed by atoms with Crippen LogP contribution in [0, 0.1) is 34.5 Å². The fraction of sp³-hybridized carbons (Fsp3) is 0.800.